The first kappa shape index (κ1) is 17.6. The Bertz CT molecular complexity index is 856. The molecule has 3 aromatic rings. The first-order valence-corrected chi connectivity index (χ1v) is 9.46. The molecule has 0 saturated heterocycles. The molecule has 132 valence electrons. The molecule has 0 aliphatic rings. The van der Waals surface area contributed by atoms with E-state index in [0.29, 0.717) is 11.7 Å². The second-order valence-corrected chi connectivity index (χ2v) is 7.97. The van der Waals surface area contributed by atoms with Crippen LogP contribution in [0.25, 0.3) is 10.8 Å². The molecule has 25 heavy (non-hydrogen) atoms. The molecule has 1 N–H and O–H groups in total. The summed E-state index contributed by atoms with van der Waals surface area (Å²) >= 11 is 3.16. The highest BCUT2D eigenvalue weighted by Gasteiger charge is 2.22. The Hall–Kier alpha value is -2.26. The van der Waals surface area contributed by atoms with Crippen LogP contribution in [0.15, 0.2) is 22.0 Å². The van der Waals surface area contributed by atoms with E-state index in [0.717, 1.165) is 20.5 Å². The molecule has 0 aliphatic carbocycles. The monoisotopic (exact) mass is 377 g/mol. The van der Waals surface area contributed by atoms with Crippen molar-refractivity contribution < 1.29 is 9.32 Å². The van der Waals surface area contributed by atoms with Crippen LogP contribution in [-0.4, -0.2) is 33.1 Å². The molecule has 1 unspecified atom stereocenters. The first-order valence-electron chi connectivity index (χ1n) is 7.76. The van der Waals surface area contributed by atoms with Gasteiger partial charge in [-0.3, -0.25) is 0 Å². The molecule has 0 radical (unpaired) electrons. The topological polar surface area (TPSA) is 84.2 Å². The Kier molecular flexibility index (Phi) is 5.14. The van der Waals surface area contributed by atoms with Gasteiger partial charge in [0.15, 0.2) is 5.82 Å². The maximum Gasteiger partial charge on any atom is 0.318 e. The maximum absolute atomic E-state index is 12.4. The number of aryl methyl sites for hydroxylation is 2. The van der Waals surface area contributed by atoms with Gasteiger partial charge < -0.3 is 14.7 Å². The lowest BCUT2D eigenvalue weighted by atomic mass is 10.2. The van der Waals surface area contributed by atoms with Gasteiger partial charge in [-0.15, -0.1) is 22.7 Å². The van der Waals surface area contributed by atoms with Crippen LogP contribution in [0, 0.1) is 13.8 Å². The highest BCUT2D eigenvalue weighted by Crippen LogP contribution is 2.26. The number of carbonyl (C=O) groups is 1. The minimum Gasteiger partial charge on any atom is -0.333 e. The van der Waals surface area contributed by atoms with Gasteiger partial charge >= 0.3 is 6.03 Å². The van der Waals surface area contributed by atoms with E-state index >= 15 is 0 Å². The molecule has 7 nitrogen and oxygen atoms in total. The van der Waals surface area contributed by atoms with E-state index in [2.05, 4.69) is 20.4 Å². The molecule has 0 saturated carbocycles. The van der Waals surface area contributed by atoms with Gasteiger partial charge in [-0.1, -0.05) is 11.2 Å². The van der Waals surface area contributed by atoms with Crippen molar-refractivity contribution in [1.82, 2.24) is 25.3 Å². The molecule has 9 heteroatoms. The smallest absolute Gasteiger partial charge is 0.318 e. The molecule has 0 bridgehead atoms. The van der Waals surface area contributed by atoms with Crippen LogP contribution in [0.2, 0.25) is 0 Å². The summed E-state index contributed by atoms with van der Waals surface area (Å²) in [6.07, 6.45) is 0. The Morgan fingerprint density at radius 1 is 1.40 bits per heavy atom. The number of hydrogen-bond donors (Lipinski definition) is 1. The Morgan fingerprint density at radius 2 is 2.20 bits per heavy atom. The number of thiazole rings is 1. The molecule has 1 atom stereocenters. The molecule has 3 rings (SSSR count). The van der Waals surface area contributed by atoms with Crippen molar-refractivity contribution in [1.29, 1.82) is 0 Å². The Labute approximate surface area is 153 Å². The molecule has 0 spiro atoms. The molecule has 0 aliphatic heterocycles. The first-order chi connectivity index (χ1) is 12.0. The second-order valence-electron chi connectivity index (χ2n) is 5.61. The summed E-state index contributed by atoms with van der Waals surface area (Å²) in [7, 11) is 1.75. The number of rotatable bonds is 5. The summed E-state index contributed by atoms with van der Waals surface area (Å²) < 4.78 is 5.21. The van der Waals surface area contributed by atoms with Crippen molar-refractivity contribution in [3.8, 4) is 10.8 Å². The van der Waals surface area contributed by atoms with Crippen LogP contribution < -0.4 is 5.32 Å². The van der Waals surface area contributed by atoms with E-state index in [-0.39, 0.29) is 18.6 Å². The number of thiophene rings is 1. The Morgan fingerprint density at radius 3 is 2.84 bits per heavy atom. The summed E-state index contributed by atoms with van der Waals surface area (Å²) in [5, 5.41) is 9.66. The van der Waals surface area contributed by atoms with Gasteiger partial charge in [0.05, 0.1) is 28.2 Å². The SMILES string of the molecule is Cc1nc(C(C)N(C)C(=O)NCc2noc(-c3cccs3)n2)c(C)s1. The minimum atomic E-state index is -0.208. The van der Waals surface area contributed by atoms with Crippen molar-refractivity contribution in [3.63, 3.8) is 0 Å². The van der Waals surface area contributed by atoms with Crippen LogP contribution in [0.5, 0.6) is 0 Å². The second kappa shape index (κ2) is 7.32. The number of hydrogen-bond acceptors (Lipinski definition) is 7. The van der Waals surface area contributed by atoms with Gasteiger partial charge in [-0.05, 0) is 32.2 Å². The zero-order chi connectivity index (χ0) is 18.0. The fraction of sp³-hybridized carbons (Fsp3) is 0.375. The predicted molar refractivity (Wildman–Crippen MR) is 97.6 cm³/mol. The lowest BCUT2D eigenvalue weighted by Gasteiger charge is -2.24. The van der Waals surface area contributed by atoms with Crippen LogP contribution in [0.4, 0.5) is 4.79 Å². The fourth-order valence-electron chi connectivity index (χ4n) is 2.40. The van der Waals surface area contributed by atoms with Gasteiger partial charge in [-0.25, -0.2) is 9.78 Å². The fourth-order valence-corrected chi connectivity index (χ4v) is 3.95. The summed E-state index contributed by atoms with van der Waals surface area (Å²) in [5.74, 6) is 0.910. The van der Waals surface area contributed by atoms with E-state index in [1.165, 1.54) is 11.3 Å². The third-order valence-corrected chi connectivity index (χ3v) is 5.59. The van der Waals surface area contributed by atoms with Gasteiger partial charge in [-0.2, -0.15) is 4.98 Å². The van der Waals surface area contributed by atoms with E-state index in [9.17, 15) is 4.79 Å². The van der Waals surface area contributed by atoms with Crippen molar-refractivity contribution in [2.24, 2.45) is 0 Å². The van der Waals surface area contributed by atoms with Gasteiger partial charge in [0.2, 0.25) is 0 Å². The molecule has 3 heterocycles. The van der Waals surface area contributed by atoms with Crippen LogP contribution in [0.3, 0.4) is 0 Å². The van der Waals surface area contributed by atoms with E-state index in [4.69, 9.17) is 4.52 Å². The average molecular weight is 377 g/mol. The predicted octanol–water partition coefficient (Wildman–Crippen LogP) is 3.77. The molecule has 0 fully saturated rings. The van der Waals surface area contributed by atoms with Crippen molar-refractivity contribution in [2.45, 2.75) is 33.4 Å². The number of nitrogens with one attached hydrogen (secondary N) is 1. The van der Waals surface area contributed by atoms with Gasteiger partial charge in [0.25, 0.3) is 5.89 Å². The number of amides is 2. The highest BCUT2D eigenvalue weighted by atomic mass is 32.1. The van der Waals surface area contributed by atoms with E-state index in [1.54, 1.807) is 23.3 Å². The molecular formula is C16H19N5O2S2. The quantitative estimate of drug-likeness (QED) is 0.731. The average Bonchev–Trinajstić information content (AvgIpc) is 3.31. The lowest BCUT2D eigenvalue weighted by Crippen LogP contribution is -2.38. The van der Waals surface area contributed by atoms with Gasteiger partial charge in [0, 0.05) is 11.9 Å². The zero-order valence-electron chi connectivity index (χ0n) is 14.4. The normalized spacial score (nSPS) is 12.2. The van der Waals surface area contributed by atoms with E-state index in [1.807, 2.05) is 38.3 Å². The minimum absolute atomic E-state index is 0.114. The number of nitrogens with zero attached hydrogens (tertiary/aromatic N) is 4. The summed E-state index contributed by atoms with van der Waals surface area (Å²) in [6.45, 7) is 6.16. The number of carbonyl (C=O) groups excluding carboxylic acids is 1. The van der Waals surface area contributed by atoms with Gasteiger partial charge in [0.1, 0.15) is 0 Å². The molecule has 2 amide bonds. The zero-order valence-corrected chi connectivity index (χ0v) is 16.1. The summed E-state index contributed by atoms with van der Waals surface area (Å²) in [5.41, 5.74) is 0.930. The highest BCUT2D eigenvalue weighted by molar-refractivity contribution is 7.13. The van der Waals surface area contributed by atoms with Crippen LogP contribution >= 0.6 is 22.7 Å². The standard InChI is InChI=1S/C16H19N5O2S2/c1-9(14-10(2)25-11(3)18-14)21(4)16(22)17-8-13-19-15(23-20-13)12-6-5-7-24-12/h5-7,9H,8H2,1-4H3,(H,17,22). The largest absolute Gasteiger partial charge is 0.333 e. The van der Waals surface area contributed by atoms with Crippen molar-refractivity contribution in [3.05, 3.63) is 38.9 Å². The number of urea groups is 1. The van der Waals surface area contributed by atoms with Crippen molar-refractivity contribution in [2.75, 3.05) is 7.05 Å². The van der Waals surface area contributed by atoms with E-state index < -0.39 is 0 Å². The number of aromatic nitrogens is 3. The Balaban J connectivity index is 1.59. The summed E-state index contributed by atoms with van der Waals surface area (Å²) in [6, 6.07) is 3.51. The van der Waals surface area contributed by atoms with Crippen molar-refractivity contribution >= 4 is 28.7 Å². The lowest BCUT2D eigenvalue weighted by molar-refractivity contribution is 0.192. The van der Waals surface area contributed by atoms with Crippen LogP contribution in [0.1, 0.15) is 34.4 Å². The third-order valence-electron chi connectivity index (χ3n) is 3.83. The third kappa shape index (κ3) is 3.88. The maximum atomic E-state index is 12.4. The van der Waals surface area contributed by atoms with Crippen LogP contribution in [-0.2, 0) is 6.54 Å². The molecular weight excluding hydrogens is 358 g/mol. The molecule has 3 aromatic heterocycles. The summed E-state index contributed by atoms with van der Waals surface area (Å²) in [4.78, 5) is 24.9. The molecule has 0 aromatic carbocycles.